The summed E-state index contributed by atoms with van der Waals surface area (Å²) in [6.07, 6.45) is 6.71. The number of nitrogens with zero attached hydrogens (tertiary/aromatic N) is 2. The van der Waals surface area contributed by atoms with Gasteiger partial charge in [0.15, 0.2) is 0 Å². The van der Waals surface area contributed by atoms with Crippen LogP contribution in [0.4, 0.5) is 15.9 Å². The van der Waals surface area contributed by atoms with Gasteiger partial charge in [-0.1, -0.05) is 42.8 Å². The number of aryl methyl sites for hydroxylation is 3. The van der Waals surface area contributed by atoms with Gasteiger partial charge in [0.05, 0.1) is 12.7 Å². The molecule has 1 aliphatic heterocycles. The van der Waals surface area contributed by atoms with E-state index in [1.165, 1.54) is 30.4 Å². The summed E-state index contributed by atoms with van der Waals surface area (Å²) in [4.78, 5) is 25.3. The largest absolute Gasteiger partial charge is 0.496 e. The van der Waals surface area contributed by atoms with Crippen LogP contribution in [0.15, 0.2) is 54.6 Å². The number of primary amides is 1. The fourth-order valence-electron chi connectivity index (χ4n) is 5.03. The number of ether oxygens (including phenoxy) is 1. The van der Waals surface area contributed by atoms with Gasteiger partial charge < -0.3 is 21.1 Å². The summed E-state index contributed by atoms with van der Waals surface area (Å²) in [5, 5.41) is 11.0. The lowest BCUT2D eigenvalue weighted by Crippen LogP contribution is -2.32. The lowest BCUT2D eigenvalue weighted by atomic mass is 9.85. The Kier molecular flexibility index (Phi) is 6.75. The molecule has 2 atom stereocenters. The second-order valence-electron chi connectivity index (χ2n) is 9.75. The first-order chi connectivity index (χ1) is 18.2. The standard InChI is InChI=1S/C29H30FN5O3/c1-16-4-8-23-18(12-16)10-11-35-28(33-23)25(27(31)36)26(34-35)19-5-6-20(17(2)13-19)15-32-29(37)22-14-21(30)7-9-24(22)38-3/h4-9,12-14,17,20,33H,10-11,15H2,1-3H3,(H2,31,36)(H,32,37). The van der Waals surface area contributed by atoms with Gasteiger partial charge in [-0.15, -0.1) is 0 Å². The van der Waals surface area contributed by atoms with Gasteiger partial charge in [-0.05, 0) is 54.7 Å². The van der Waals surface area contributed by atoms with Crippen molar-refractivity contribution in [3.8, 4) is 5.75 Å². The SMILES string of the molecule is COc1ccc(F)cc1C(=O)NCC1C=CC(c2nn3c(c2C(N)=O)Nc2ccc(C)cc2CC3)=CC1C. The Morgan fingerprint density at radius 1 is 1.26 bits per heavy atom. The summed E-state index contributed by atoms with van der Waals surface area (Å²) < 4.78 is 20.7. The number of nitrogens with two attached hydrogens (primary N) is 1. The Bertz CT molecular complexity index is 1490. The third kappa shape index (κ3) is 4.79. The van der Waals surface area contributed by atoms with Gasteiger partial charge in [0, 0.05) is 24.7 Å². The van der Waals surface area contributed by atoms with Crippen LogP contribution in [0.2, 0.25) is 0 Å². The molecule has 2 amide bonds. The number of benzene rings is 2. The van der Waals surface area contributed by atoms with Crippen molar-refractivity contribution in [2.24, 2.45) is 17.6 Å². The van der Waals surface area contributed by atoms with E-state index in [4.69, 9.17) is 15.6 Å². The van der Waals surface area contributed by atoms with Crippen molar-refractivity contribution in [1.29, 1.82) is 0 Å². The van der Waals surface area contributed by atoms with E-state index in [1.807, 2.05) is 42.0 Å². The second kappa shape index (κ2) is 10.2. The molecule has 0 spiro atoms. The molecular formula is C29H30FN5O3. The van der Waals surface area contributed by atoms with E-state index in [0.29, 0.717) is 35.9 Å². The molecule has 0 saturated heterocycles. The topological polar surface area (TPSA) is 111 Å². The number of halogens is 1. The Hall–Kier alpha value is -4.40. The van der Waals surface area contributed by atoms with E-state index >= 15 is 0 Å². The number of fused-ring (bicyclic) bond motifs is 2. The van der Waals surface area contributed by atoms with Crippen LogP contribution in [0.3, 0.4) is 0 Å². The minimum Gasteiger partial charge on any atom is -0.496 e. The van der Waals surface area contributed by atoms with Gasteiger partial charge in [0.2, 0.25) is 0 Å². The minimum absolute atomic E-state index is 0.00652. The summed E-state index contributed by atoms with van der Waals surface area (Å²) in [6.45, 7) is 5.05. The van der Waals surface area contributed by atoms with Gasteiger partial charge in [0.1, 0.15) is 28.6 Å². The molecule has 0 radical (unpaired) electrons. The molecule has 3 aromatic rings. The molecule has 4 N–H and O–H groups in total. The summed E-state index contributed by atoms with van der Waals surface area (Å²) in [6, 6.07) is 10.0. The first kappa shape index (κ1) is 25.3. The molecule has 0 fully saturated rings. The van der Waals surface area contributed by atoms with Crippen LogP contribution < -0.4 is 21.1 Å². The Morgan fingerprint density at radius 3 is 2.82 bits per heavy atom. The van der Waals surface area contributed by atoms with E-state index < -0.39 is 17.6 Å². The van der Waals surface area contributed by atoms with Gasteiger partial charge >= 0.3 is 0 Å². The summed E-state index contributed by atoms with van der Waals surface area (Å²) in [7, 11) is 1.44. The first-order valence-corrected chi connectivity index (χ1v) is 12.5. The van der Waals surface area contributed by atoms with Crippen molar-refractivity contribution in [1.82, 2.24) is 15.1 Å². The third-order valence-electron chi connectivity index (χ3n) is 7.12. The highest BCUT2D eigenvalue weighted by Crippen LogP contribution is 2.36. The Morgan fingerprint density at radius 2 is 2.08 bits per heavy atom. The number of rotatable bonds is 6. The van der Waals surface area contributed by atoms with Crippen LogP contribution in [0.5, 0.6) is 5.75 Å². The maximum absolute atomic E-state index is 13.7. The number of aromatic nitrogens is 2. The highest BCUT2D eigenvalue weighted by Gasteiger charge is 2.28. The van der Waals surface area contributed by atoms with Crippen molar-refractivity contribution in [2.75, 3.05) is 19.0 Å². The molecule has 2 heterocycles. The normalized spacial score (nSPS) is 17.9. The zero-order valence-electron chi connectivity index (χ0n) is 21.5. The fourth-order valence-corrected chi connectivity index (χ4v) is 5.03. The molecule has 0 bridgehead atoms. The molecule has 0 saturated carbocycles. The smallest absolute Gasteiger partial charge is 0.255 e. The number of hydrogen-bond donors (Lipinski definition) is 3. The predicted molar refractivity (Wildman–Crippen MR) is 144 cm³/mol. The average molecular weight is 516 g/mol. The van der Waals surface area contributed by atoms with Crippen LogP contribution in [-0.4, -0.2) is 35.2 Å². The van der Waals surface area contributed by atoms with Crippen molar-refractivity contribution in [3.05, 3.63) is 88.4 Å². The molecule has 8 nitrogen and oxygen atoms in total. The molecular weight excluding hydrogens is 485 g/mol. The molecule has 2 unspecified atom stereocenters. The zero-order chi connectivity index (χ0) is 27.0. The van der Waals surface area contributed by atoms with Gasteiger partial charge in [-0.3, -0.25) is 9.59 Å². The highest BCUT2D eigenvalue weighted by molar-refractivity contribution is 6.04. The molecule has 38 heavy (non-hydrogen) atoms. The van der Waals surface area contributed by atoms with Crippen molar-refractivity contribution in [3.63, 3.8) is 0 Å². The van der Waals surface area contributed by atoms with Crippen molar-refractivity contribution >= 4 is 28.9 Å². The lowest BCUT2D eigenvalue weighted by Gasteiger charge is -2.23. The number of hydrogen-bond acceptors (Lipinski definition) is 5. The molecule has 1 aromatic heterocycles. The van der Waals surface area contributed by atoms with E-state index in [1.54, 1.807) is 0 Å². The van der Waals surface area contributed by atoms with Crippen LogP contribution in [0, 0.1) is 24.6 Å². The highest BCUT2D eigenvalue weighted by atomic mass is 19.1. The number of nitrogens with one attached hydrogen (secondary N) is 2. The molecule has 9 heteroatoms. The van der Waals surface area contributed by atoms with Crippen LogP contribution in [0.25, 0.3) is 5.57 Å². The number of amides is 2. The van der Waals surface area contributed by atoms with Crippen LogP contribution in [0.1, 0.15) is 44.5 Å². The first-order valence-electron chi connectivity index (χ1n) is 12.5. The molecule has 1 aliphatic carbocycles. The summed E-state index contributed by atoms with van der Waals surface area (Å²) in [5.74, 6) is -0.543. The number of allylic oxidation sites excluding steroid dienone is 3. The van der Waals surface area contributed by atoms with Crippen molar-refractivity contribution in [2.45, 2.75) is 26.8 Å². The summed E-state index contributed by atoms with van der Waals surface area (Å²) in [5.41, 5.74) is 11.0. The molecule has 2 aliphatic rings. The predicted octanol–water partition coefficient (Wildman–Crippen LogP) is 4.37. The molecule has 5 rings (SSSR count). The monoisotopic (exact) mass is 515 g/mol. The Labute approximate surface area is 220 Å². The van der Waals surface area contributed by atoms with Crippen LogP contribution in [-0.2, 0) is 13.0 Å². The average Bonchev–Trinajstić information content (AvgIpc) is 3.16. The molecule has 196 valence electrons. The second-order valence-corrected chi connectivity index (χ2v) is 9.75. The third-order valence-corrected chi connectivity index (χ3v) is 7.12. The van der Waals surface area contributed by atoms with E-state index in [9.17, 15) is 14.0 Å². The maximum Gasteiger partial charge on any atom is 0.255 e. The van der Waals surface area contributed by atoms with E-state index in [2.05, 4.69) is 23.6 Å². The zero-order valence-corrected chi connectivity index (χ0v) is 21.5. The number of anilines is 2. The Balaban J connectivity index is 1.35. The van der Waals surface area contributed by atoms with E-state index in [0.717, 1.165) is 23.7 Å². The van der Waals surface area contributed by atoms with E-state index in [-0.39, 0.29) is 17.4 Å². The molecule has 2 aromatic carbocycles. The minimum atomic E-state index is -0.551. The lowest BCUT2D eigenvalue weighted by molar-refractivity contribution is 0.0943. The number of carbonyl (C=O) groups excluding carboxylic acids is 2. The summed E-state index contributed by atoms with van der Waals surface area (Å²) >= 11 is 0. The number of methoxy groups -OCH3 is 1. The van der Waals surface area contributed by atoms with Gasteiger partial charge in [-0.2, -0.15) is 5.10 Å². The maximum atomic E-state index is 13.7. The van der Waals surface area contributed by atoms with Crippen LogP contribution >= 0.6 is 0 Å². The van der Waals surface area contributed by atoms with Gasteiger partial charge in [-0.25, -0.2) is 9.07 Å². The van der Waals surface area contributed by atoms with Gasteiger partial charge in [0.25, 0.3) is 11.8 Å². The fraction of sp³-hybridized carbons (Fsp3) is 0.276. The van der Waals surface area contributed by atoms with Crippen molar-refractivity contribution < 1.29 is 18.7 Å². The quantitative estimate of drug-likeness (QED) is 0.451. The number of carbonyl (C=O) groups is 2.